The molecule has 0 aliphatic rings. The summed E-state index contributed by atoms with van der Waals surface area (Å²) in [6.07, 6.45) is 6.85. The number of rotatable bonds is 9. The number of alkyl halides is 1. The Kier molecular flexibility index (Phi) is 10.3. The van der Waals surface area contributed by atoms with Crippen molar-refractivity contribution in [2.45, 2.75) is 58.9 Å². The third kappa shape index (κ3) is 7.81. The Morgan fingerprint density at radius 2 is 1.71 bits per heavy atom. The molecular weight excluding hydrogens is 238 g/mol. The van der Waals surface area contributed by atoms with Crippen LogP contribution in [0, 0.1) is 5.92 Å². The standard InChI is InChI=1S/C12H26BrN/c1-4-5-6-7-8-9-14-12(10-13)11(2)3/h11-12,14H,4-10H2,1-3H3. The van der Waals surface area contributed by atoms with Crippen molar-refractivity contribution in [1.82, 2.24) is 5.32 Å². The van der Waals surface area contributed by atoms with E-state index in [0.717, 1.165) is 11.2 Å². The molecule has 0 saturated heterocycles. The maximum atomic E-state index is 3.60. The van der Waals surface area contributed by atoms with E-state index in [1.54, 1.807) is 0 Å². The lowest BCUT2D eigenvalue weighted by Gasteiger charge is -2.19. The summed E-state index contributed by atoms with van der Waals surface area (Å²) in [5.74, 6) is 0.727. The molecule has 86 valence electrons. The van der Waals surface area contributed by atoms with E-state index in [2.05, 4.69) is 42.0 Å². The van der Waals surface area contributed by atoms with Gasteiger partial charge in [0.15, 0.2) is 0 Å². The molecule has 0 aliphatic carbocycles. The number of unbranched alkanes of at least 4 members (excludes halogenated alkanes) is 4. The van der Waals surface area contributed by atoms with Crippen LogP contribution in [-0.2, 0) is 0 Å². The smallest absolute Gasteiger partial charge is 0.0188 e. The minimum absolute atomic E-state index is 0.640. The third-order valence-electron chi connectivity index (χ3n) is 2.66. The summed E-state index contributed by atoms with van der Waals surface area (Å²) in [7, 11) is 0. The molecule has 1 unspecified atom stereocenters. The quantitative estimate of drug-likeness (QED) is 0.491. The van der Waals surface area contributed by atoms with Gasteiger partial charge in [-0.3, -0.25) is 0 Å². The molecule has 2 heteroatoms. The Hall–Kier alpha value is 0.440. The lowest BCUT2D eigenvalue weighted by atomic mass is 10.1. The molecule has 1 N–H and O–H groups in total. The van der Waals surface area contributed by atoms with Gasteiger partial charge in [-0.15, -0.1) is 0 Å². The molecule has 0 aromatic rings. The van der Waals surface area contributed by atoms with Gasteiger partial charge in [0.1, 0.15) is 0 Å². The highest BCUT2D eigenvalue weighted by Crippen LogP contribution is 2.06. The topological polar surface area (TPSA) is 12.0 Å². The van der Waals surface area contributed by atoms with Crippen LogP contribution in [0.1, 0.15) is 52.9 Å². The Morgan fingerprint density at radius 1 is 1.07 bits per heavy atom. The van der Waals surface area contributed by atoms with Gasteiger partial charge in [-0.2, -0.15) is 0 Å². The molecule has 0 aromatic carbocycles. The van der Waals surface area contributed by atoms with Gasteiger partial charge in [0.05, 0.1) is 0 Å². The minimum Gasteiger partial charge on any atom is -0.313 e. The zero-order valence-corrected chi connectivity index (χ0v) is 11.6. The molecule has 0 aromatic heterocycles. The molecule has 0 fully saturated rings. The average molecular weight is 264 g/mol. The molecule has 0 saturated carbocycles. The highest BCUT2D eigenvalue weighted by atomic mass is 79.9. The van der Waals surface area contributed by atoms with E-state index in [0.29, 0.717) is 6.04 Å². The van der Waals surface area contributed by atoms with Crippen LogP contribution in [0.5, 0.6) is 0 Å². The first-order chi connectivity index (χ1) is 6.72. The van der Waals surface area contributed by atoms with Gasteiger partial charge in [-0.1, -0.05) is 62.4 Å². The van der Waals surface area contributed by atoms with Gasteiger partial charge in [-0.25, -0.2) is 0 Å². The van der Waals surface area contributed by atoms with Crippen molar-refractivity contribution in [3.05, 3.63) is 0 Å². The van der Waals surface area contributed by atoms with E-state index in [1.165, 1.54) is 38.6 Å². The second kappa shape index (κ2) is 9.97. The fourth-order valence-corrected chi connectivity index (χ4v) is 2.46. The van der Waals surface area contributed by atoms with E-state index in [1.807, 2.05) is 0 Å². The Labute approximate surface area is 98.2 Å². The van der Waals surface area contributed by atoms with Crippen LogP contribution in [-0.4, -0.2) is 17.9 Å². The molecule has 0 radical (unpaired) electrons. The van der Waals surface area contributed by atoms with Crippen LogP contribution in [0.4, 0.5) is 0 Å². The van der Waals surface area contributed by atoms with Crippen molar-refractivity contribution in [2.75, 3.05) is 11.9 Å². The van der Waals surface area contributed by atoms with Crippen molar-refractivity contribution in [1.29, 1.82) is 0 Å². The van der Waals surface area contributed by atoms with Crippen molar-refractivity contribution in [2.24, 2.45) is 5.92 Å². The van der Waals surface area contributed by atoms with E-state index in [-0.39, 0.29) is 0 Å². The predicted octanol–water partition coefficient (Wildman–Crippen LogP) is 3.97. The van der Waals surface area contributed by atoms with Crippen LogP contribution >= 0.6 is 15.9 Å². The number of hydrogen-bond donors (Lipinski definition) is 1. The highest BCUT2D eigenvalue weighted by Gasteiger charge is 2.09. The predicted molar refractivity (Wildman–Crippen MR) is 69.2 cm³/mol. The third-order valence-corrected chi connectivity index (χ3v) is 3.36. The zero-order chi connectivity index (χ0) is 10.8. The van der Waals surface area contributed by atoms with E-state index in [4.69, 9.17) is 0 Å². The van der Waals surface area contributed by atoms with Gasteiger partial charge < -0.3 is 5.32 Å². The first-order valence-corrected chi connectivity index (χ1v) is 7.13. The van der Waals surface area contributed by atoms with Gasteiger partial charge in [0.25, 0.3) is 0 Å². The Balaban J connectivity index is 3.25. The van der Waals surface area contributed by atoms with Gasteiger partial charge in [0.2, 0.25) is 0 Å². The average Bonchev–Trinajstić information content (AvgIpc) is 2.16. The largest absolute Gasteiger partial charge is 0.313 e. The van der Waals surface area contributed by atoms with Gasteiger partial charge in [-0.05, 0) is 18.9 Å². The fourth-order valence-electron chi connectivity index (χ4n) is 1.48. The maximum absolute atomic E-state index is 3.60. The summed E-state index contributed by atoms with van der Waals surface area (Å²) in [6.45, 7) is 7.99. The lowest BCUT2D eigenvalue weighted by Crippen LogP contribution is -2.35. The fraction of sp³-hybridized carbons (Fsp3) is 1.00. The summed E-state index contributed by atoms with van der Waals surface area (Å²) in [5, 5.41) is 4.67. The first-order valence-electron chi connectivity index (χ1n) is 6.01. The van der Waals surface area contributed by atoms with Crippen LogP contribution < -0.4 is 5.32 Å². The molecule has 1 atom stereocenters. The van der Waals surface area contributed by atoms with Crippen LogP contribution in [0.25, 0.3) is 0 Å². The van der Waals surface area contributed by atoms with Crippen LogP contribution in [0.15, 0.2) is 0 Å². The van der Waals surface area contributed by atoms with E-state index < -0.39 is 0 Å². The second-order valence-electron chi connectivity index (χ2n) is 4.37. The highest BCUT2D eigenvalue weighted by molar-refractivity contribution is 9.09. The summed E-state index contributed by atoms with van der Waals surface area (Å²) < 4.78 is 0. The molecule has 0 bridgehead atoms. The zero-order valence-electron chi connectivity index (χ0n) is 9.98. The molecule has 0 spiro atoms. The molecule has 0 heterocycles. The summed E-state index contributed by atoms with van der Waals surface area (Å²) in [4.78, 5) is 0. The van der Waals surface area contributed by atoms with Crippen molar-refractivity contribution in [3.8, 4) is 0 Å². The normalized spacial score (nSPS) is 13.5. The van der Waals surface area contributed by atoms with Crippen molar-refractivity contribution < 1.29 is 0 Å². The molecule has 14 heavy (non-hydrogen) atoms. The summed E-state index contributed by atoms with van der Waals surface area (Å²) in [5.41, 5.74) is 0. The molecule has 1 nitrogen and oxygen atoms in total. The minimum atomic E-state index is 0.640. The van der Waals surface area contributed by atoms with E-state index >= 15 is 0 Å². The van der Waals surface area contributed by atoms with Crippen LogP contribution in [0.3, 0.4) is 0 Å². The SMILES string of the molecule is CCCCCCCNC(CBr)C(C)C. The molecule has 0 rings (SSSR count). The maximum Gasteiger partial charge on any atom is 0.0188 e. The molecule has 0 amide bonds. The molecular formula is C12H26BrN. The number of nitrogens with one attached hydrogen (secondary N) is 1. The monoisotopic (exact) mass is 263 g/mol. The Bertz CT molecular complexity index is 115. The number of hydrogen-bond acceptors (Lipinski definition) is 1. The summed E-state index contributed by atoms with van der Waals surface area (Å²) >= 11 is 3.55. The van der Waals surface area contributed by atoms with Gasteiger partial charge in [0, 0.05) is 11.4 Å². The van der Waals surface area contributed by atoms with Crippen molar-refractivity contribution >= 4 is 15.9 Å². The molecule has 0 aliphatic heterocycles. The van der Waals surface area contributed by atoms with Crippen LogP contribution in [0.2, 0.25) is 0 Å². The Morgan fingerprint density at radius 3 is 2.21 bits per heavy atom. The second-order valence-corrected chi connectivity index (χ2v) is 5.02. The summed E-state index contributed by atoms with van der Waals surface area (Å²) in [6, 6.07) is 0.640. The lowest BCUT2D eigenvalue weighted by molar-refractivity contribution is 0.426. The first kappa shape index (κ1) is 14.4. The van der Waals surface area contributed by atoms with E-state index in [9.17, 15) is 0 Å². The van der Waals surface area contributed by atoms with Crippen molar-refractivity contribution in [3.63, 3.8) is 0 Å². The van der Waals surface area contributed by atoms with Gasteiger partial charge >= 0.3 is 0 Å². The number of halogens is 1.